The predicted molar refractivity (Wildman–Crippen MR) is 98.9 cm³/mol. The zero-order valence-electron chi connectivity index (χ0n) is 14.6. The lowest BCUT2D eigenvalue weighted by molar-refractivity contribution is 0.0952. The van der Waals surface area contributed by atoms with E-state index >= 15 is 0 Å². The Kier molecular flexibility index (Phi) is 4.65. The van der Waals surface area contributed by atoms with Gasteiger partial charge < -0.3 is 9.88 Å². The summed E-state index contributed by atoms with van der Waals surface area (Å²) in [6.45, 7) is 4.31. The van der Waals surface area contributed by atoms with Crippen molar-refractivity contribution in [1.82, 2.24) is 14.9 Å². The number of hydrogen-bond acceptors (Lipinski definition) is 3. The van der Waals surface area contributed by atoms with E-state index in [4.69, 9.17) is 0 Å². The van der Waals surface area contributed by atoms with Gasteiger partial charge in [0, 0.05) is 19.2 Å². The molecule has 0 saturated heterocycles. The van der Waals surface area contributed by atoms with E-state index in [1.54, 1.807) is 36.7 Å². The van der Waals surface area contributed by atoms with Gasteiger partial charge in [-0.3, -0.25) is 9.59 Å². The molecule has 0 spiro atoms. The lowest BCUT2D eigenvalue weighted by Crippen LogP contribution is -2.27. The summed E-state index contributed by atoms with van der Waals surface area (Å²) in [6.07, 6.45) is 0. The molecule has 25 heavy (non-hydrogen) atoms. The second kappa shape index (κ2) is 6.89. The van der Waals surface area contributed by atoms with Gasteiger partial charge in [-0.05, 0) is 36.6 Å². The normalized spacial score (nSPS) is 12.1. The van der Waals surface area contributed by atoms with Crippen molar-refractivity contribution in [2.75, 3.05) is 6.54 Å². The zero-order chi connectivity index (χ0) is 18.0. The first kappa shape index (κ1) is 16.9. The molecule has 0 radical (unpaired) electrons. The minimum atomic E-state index is -0.141. The number of amides is 1. The van der Waals surface area contributed by atoms with E-state index in [-0.39, 0.29) is 17.4 Å². The molecule has 1 heterocycles. The molecule has 5 nitrogen and oxygen atoms in total. The molecule has 1 aromatic heterocycles. The molecule has 3 rings (SSSR count). The summed E-state index contributed by atoms with van der Waals surface area (Å²) in [6, 6.07) is 15.3. The van der Waals surface area contributed by atoms with Gasteiger partial charge in [0.05, 0.1) is 11.0 Å². The first-order chi connectivity index (χ1) is 12.0. The number of aromatic nitrogens is 2. The lowest BCUT2D eigenvalue weighted by Gasteiger charge is -2.13. The van der Waals surface area contributed by atoms with E-state index in [2.05, 4.69) is 29.4 Å². The van der Waals surface area contributed by atoms with Crippen LogP contribution < -0.4 is 10.9 Å². The number of hydrogen-bond donors (Lipinski definition) is 1. The summed E-state index contributed by atoms with van der Waals surface area (Å²) >= 11 is 0. The minimum absolute atomic E-state index is 0.124. The smallest absolute Gasteiger partial charge is 0.272 e. The molecule has 0 bridgehead atoms. The lowest BCUT2D eigenvalue weighted by atomic mass is 10.0. The van der Waals surface area contributed by atoms with E-state index in [1.165, 1.54) is 5.56 Å². The summed E-state index contributed by atoms with van der Waals surface area (Å²) in [5.74, 6) is 0.0878. The third-order valence-electron chi connectivity index (χ3n) is 4.44. The van der Waals surface area contributed by atoms with Crippen LogP contribution in [0.1, 0.15) is 34.5 Å². The van der Waals surface area contributed by atoms with Crippen LogP contribution in [0.4, 0.5) is 0 Å². The van der Waals surface area contributed by atoms with Gasteiger partial charge >= 0.3 is 0 Å². The van der Waals surface area contributed by atoms with Crippen LogP contribution in [-0.4, -0.2) is 22.0 Å². The maximum atomic E-state index is 12.5. The molecule has 1 atom stereocenters. The number of carbonyl (C=O) groups is 1. The molecular weight excluding hydrogens is 314 g/mol. The highest BCUT2D eigenvalue weighted by Gasteiger charge is 2.12. The molecule has 0 fully saturated rings. The summed E-state index contributed by atoms with van der Waals surface area (Å²) in [7, 11) is 1.71. The Morgan fingerprint density at radius 1 is 1.20 bits per heavy atom. The van der Waals surface area contributed by atoms with E-state index in [0.717, 1.165) is 0 Å². The van der Waals surface area contributed by atoms with Crippen molar-refractivity contribution in [2.45, 2.75) is 19.8 Å². The van der Waals surface area contributed by atoms with Crippen LogP contribution >= 0.6 is 0 Å². The Labute approximate surface area is 146 Å². The van der Waals surface area contributed by atoms with Crippen LogP contribution in [0.3, 0.4) is 0 Å². The molecular formula is C20H21N3O2. The molecule has 1 N–H and O–H groups in total. The predicted octanol–water partition coefficient (Wildman–Crippen LogP) is 2.78. The van der Waals surface area contributed by atoms with E-state index < -0.39 is 0 Å². The number of rotatable bonds is 4. The monoisotopic (exact) mass is 335 g/mol. The van der Waals surface area contributed by atoms with Crippen LogP contribution in [0.15, 0.2) is 53.3 Å². The first-order valence-electron chi connectivity index (χ1n) is 8.28. The number of carbonyl (C=O) groups excluding carboxylic acids is 1. The summed E-state index contributed by atoms with van der Waals surface area (Å²) in [5, 5.41) is 2.97. The van der Waals surface area contributed by atoms with Gasteiger partial charge in [-0.2, -0.15) is 0 Å². The molecule has 0 aliphatic carbocycles. The SMILES string of the molecule is Cc1nc2cc(C(=O)NC[C@H](C)c3ccccc3)ccc2n(C)c1=O. The Morgan fingerprint density at radius 3 is 2.64 bits per heavy atom. The Morgan fingerprint density at radius 2 is 1.92 bits per heavy atom. The van der Waals surface area contributed by atoms with Gasteiger partial charge in [-0.25, -0.2) is 4.98 Å². The number of aryl methyl sites for hydroxylation is 2. The molecule has 128 valence electrons. The van der Waals surface area contributed by atoms with Crippen molar-refractivity contribution in [2.24, 2.45) is 7.05 Å². The third-order valence-corrected chi connectivity index (χ3v) is 4.44. The van der Waals surface area contributed by atoms with Crippen molar-refractivity contribution in [1.29, 1.82) is 0 Å². The van der Waals surface area contributed by atoms with E-state index in [9.17, 15) is 9.59 Å². The molecule has 3 aromatic rings. The van der Waals surface area contributed by atoms with Crippen molar-refractivity contribution < 1.29 is 4.79 Å². The maximum absolute atomic E-state index is 12.5. The second-order valence-corrected chi connectivity index (χ2v) is 6.29. The fourth-order valence-corrected chi connectivity index (χ4v) is 2.87. The standard InChI is InChI=1S/C20H21N3O2/c1-13(15-7-5-4-6-8-15)12-21-19(24)16-9-10-18-17(11-16)22-14(2)20(25)23(18)3/h4-11,13H,12H2,1-3H3,(H,21,24)/t13-/m0/s1. The Balaban J connectivity index is 1.78. The number of benzene rings is 2. The van der Waals surface area contributed by atoms with Crippen LogP contribution in [0.5, 0.6) is 0 Å². The molecule has 1 amide bonds. The van der Waals surface area contributed by atoms with Gasteiger partial charge in [-0.1, -0.05) is 37.3 Å². The number of nitrogens with zero attached hydrogens (tertiary/aromatic N) is 2. The largest absolute Gasteiger partial charge is 0.351 e. The van der Waals surface area contributed by atoms with Gasteiger partial charge in [0.2, 0.25) is 0 Å². The second-order valence-electron chi connectivity index (χ2n) is 6.29. The highest BCUT2D eigenvalue weighted by Crippen LogP contribution is 2.15. The summed E-state index contributed by atoms with van der Waals surface area (Å²) < 4.78 is 1.55. The average Bonchev–Trinajstić information content (AvgIpc) is 2.64. The van der Waals surface area contributed by atoms with Crippen LogP contribution in [0.2, 0.25) is 0 Å². The van der Waals surface area contributed by atoms with Crippen molar-refractivity contribution in [3.05, 3.63) is 75.7 Å². The maximum Gasteiger partial charge on any atom is 0.272 e. The third kappa shape index (κ3) is 3.45. The van der Waals surface area contributed by atoms with Crippen molar-refractivity contribution >= 4 is 16.9 Å². The van der Waals surface area contributed by atoms with E-state index in [0.29, 0.717) is 28.8 Å². The highest BCUT2D eigenvalue weighted by molar-refractivity contribution is 5.97. The van der Waals surface area contributed by atoms with Gasteiger partial charge in [-0.15, -0.1) is 0 Å². The van der Waals surface area contributed by atoms with Crippen molar-refractivity contribution in [3.63, 3.8) is 0 Å². The molecule has 5 heteroatoms. The van der Waals surface area contributed by atoms with Gasteiger partial charge in [0.25, 0.3) is 11.5 Å². The fraction of sp³-hybridized carbons (Fsp3) is 0.250. The van der Waals surface area contributed by atoms with Crippen molar-refractivity contribution in [3.8, 4) is 0 Å². The Bertz CT molecular complexity index is 977. The number of fused-ring (bicyclic) bond motifs is 1. The molecule has 0 saturated carbocycles. The van der Waals surface area contributed by atoms with Gasteiger partial charge in [0.15, 0.2) is 0 Å². The first-order valence-corrected chi connectivity index (χ1v) is 8.28. The van der Waals surface area contributed by atoms with E-state index in [1.807, 2.05) is 18.2 Å². The van der Waals surface area contributed by atoms with Crippen LogP contribution in [0.25, 0.3) is 11.0 Å². The molecule has 0 aliphatic rings. The highest BCUT2D eigenvalue weighted by atomic mass is 16.1. The number of nitrogens with one attached hydrogen (secondary N) is 1. The summed E-state index contributed by atoms with van der Waals surface area (Å²) in [5.41, 5.74) is 3.38. The van der Waals surface area contributed by atoms with Crippen LogP contribution in [0, 0.1) is 6.92 Å². The minimum Gasteiger partial charge on any atom is -0.351 e. The molecule has 0 unspecified atom stereocenters. The topological polar surface area (TPSA) is 64.0 Å². The quantitative estimate of drug-likeness (QED) is 0.797. The molecule has 2 aromatic carbocycles. The van der Waals surface area contributed by atoms with Crippen LogP contribution in [-0.2, 0) is 7.05 Å². The Hall–Kier alpha value is -2.95. The summed E-state index contributed by atoms with van der Waals surface area (Å²) in [4.78, 5) is 28.7. The molecule has 0 aliphatic heterocycles. The zero-order valence-corrected chi connectivity index (χ0v) is 14.6. The average molecular weight is 335 g/mol. The fourth-order valence-electron chi connectivity index (χ4n) is 2.87. The van der Waals surface area contributed by atoms with Gasteiger partial charge in [0.1, 0.15) is 5.69 Å².